The SMILES string of the molecule is N/C(=N/O)c1ccnc(OCC(F)(F)C(F)F)c1Cl. The molecule has 10 heteroatoms. The van der Waals surface area contributed by atoms with Crippen LogP contribution in [0.15, 0.2) is 17.4 Å². The van der Waals surface area contributed by atoms with Gasteiger partial charge in [-0.15, -0.1) is 0 Å². The number of nitrogens with two attached hydrogens (primary N) is 1. The summed E-state index contributed by atoms with van der Waals surface area (Å²) in [4.78, 5) is 3.49. The molecular formula is C9H8ClF4N3O2. The number of pyridine rings is 1. The van der Waals surface area contributed by atoms with Crippen molar-refractivity contribution < 1.29 is 27.5 Å². The van der Waals surface area contributed by atoms with Gasteiger partial charge in [0, 0.05) is 11.8 Å². The highest BCUT2D eigenvalue weighted by molar-refractivity contribution is 6.35. The van der Waals surface area contributed by atoms with E-state index in [9.17, 15) is 17.6 Å². The van der Waals surface area contributed by atoms with Gasteiger partial charge < -0.3 is 15.7 Å². The van der Waals surface area contributed by atoms with Crippen LogP contribution >= 0.6 is 11.6 Å². The Kier molecular flexibility index (Phi) is 4.76. The summed E-state index contributed by atoms with van der Waals surface area (Å²) in [5.41, 5.74) is 5.23. The normalized spacial score (nSPS) is 12.8. The lowest BCUT2D eigenvalue weighted by atomic mass is 10.2. The molecule has 1 heterocycles. The highest BCUT2D eigenvalue weighted by Crippen LogP contribution is 2.28. The van der Waals surface area contributed by atoms with E-state index in [-0.39, 0.29) is 10.6 Å². The number of alkyl halides is 4. The zero-order valence-corrected chi connectivity index (χ0v) is 9.91. The van der Waals surface area contributed by atoms with Gasteiger partial charge in [0.05, 0.1) is 0 Å². The Hall–Kier alpha value is -1.77. The molecule has 0 bridgehead atoms. The minimum atomic E-state index is -4.34. The van der Waals surface area contributed by atoms with Gasteiger partial charge in [-0.3, -0.25) is 0 Å². The Labute approximate surface area is 109 Å². The van der Waals surface area contributed by atoms with Crippen LogP contribution in [0.2, 0.25) is 5.02 Å². The van der Waals surface area contributed by atoms with Gasteiger partial charge in [-0.05, 0) is 6.07 Å². The first-order valence-corrected chi connectivity index (χ1v) is 5.08. The molecule has 0 fully saturated rings. The van der Waals surface area contributed by atoms with Crippen LogP contribution < -0.4 is 10.5 Å². The summed E-state index contributed by atoms with van der Waals surface area (Å²) in [6, 6.07) is 1.23. The van der Waals surface area contributed by atoms with Crippen molar-refractivity contribution in [3.8, 4) is 5.88 Å². The number of hydrogen-bond acceptors (Lipinski definition) is 4. The van der Waals surface area contributed by atoms with Gasteiger partial charge in [-0.25, -0.2) is 13.8 Å². The first-order chi connectivity index (χ1) is 8.79. The number of ether oxygens (including phenoxy) is 1. The molecule has 0 aromatic carbocycles. The van der Waals surface area contributed by atoms with Crippen LogP contribution in [-0.2, 0) is 0 Å². The largest absolute Gasteiger partial charge is 0.470 e. The highest BCUT2D eigenvalue weighted by Gasteiger charge is 2.42. The molecular weight excluding hydrogens is 294 g/mol. The molecule has 0 spiro atoms. The number of amidine groups is 1. The Bertz CT molecular complexity index is 485. The average molecular weight is 302 g/mol. The summed E-state index contributed by atoms with van der Waals surface area (Å²) >= 11 is 5.70. The molecule has 0 unspecified atom stereocenters. The number of aromatic nitrogens is 1. The van der Waals surface area contributed by atoms with Crippen LogP contribution in [0, 0.1) is 0 Å². The molecule has 0 aliphatic heterocycles. The third-order valence-corrected chi connectivity index (χ3v) is 2.33. The summed E-state index contributed by atoms with van der Waals surface area (Å²) in [5.74, 6) is -5.26. The van der Waals surface area contributed by atoms with Crippen molar-refractivity contribution in [3.63, 3.8) is 0 Å². The van der Waals surface area contributed by atoms with Gasteiger partial charge in [0.1, 0.15) is 5.02 Å². The van der Waals surface area contributed by atoms with Gasteiger partial charge >= 0.3 is 12.3 Å². The molecule has 19 heavy (non-hydrogen) atoms. The lowest BCUT2D eigenvalue weighted by molar-refractivity contribution is -0.148. The quantitative estimate of drug-likeness (QED) is 0.287. The van der Waals surface area contributed by atoms with Crippen molar-refractivity contribution >= 4 is 17.4 Å². The predicted octanol–water partition coefficient (Wildman–Crippen LogP) is 2.11. The molecule has 0 saturated heterocycles. The second-order valence-electron chi connectivity index (χ2n) is 3.31. The number of hydrogen-bond donors (Lipinski definition) is 2. The standard InChI is InChI=1S/C9H8ClF4N3O2/c10-5-4(6(15)17-18)1-2-16-7(5)19-3-9(13,14)8(11)12/h1-2,8,18H,3H2,(H2,15,17). The summed E-state index contributed by atoms with van der Waals surface area (Å²) in [7, 11) is 0. The van der Waals surface area contributed by atoms with Crippen LogP contribution in [0.5, 0.6) is 5.88 Å². The smallest absolute Gasteiger partial charge is 0.340 e. The maximum atomic E-state index is 12.7. The topological polar surface area (TPSA) is 80.7 Å². The summed E-state index contributed by atoms with van der Waals surface area (Å²) in [6.45, 7) is -1.60. The van der Waals surface area contributed by atoms with E-state index in [0.717, 1.165) is 6.20 Å². The molecule has 1 rings (SSSR count). The van der Waals surface area contributed by atoms with Crippen molar-refractivity contribution in [2.24, 2.45) is 10.9 Å². The van der Waals surface area contributed by atoms with Crippen LogP contribution in [0.25, 0.3) is 0 Å². The summed E-state index contributed by atoms with van der Waals surface area (Å²) < 4.78 is 53.6. The van der Waals surface area contributed by atoms with E-state index < -0.39 is 30.7 Å². The predicted molar refractivity (Wildman–Crippen MR) is 58.2 cm³/mol. The zero-order valence-electron chi connectivity index (χ0n) is 9.16. The molecule has 3 N–H and O–H groups in total. The average Bonchev–Trinajstić information content (AvgIpc) is 2.36. The minimum Gasteiger partial charge on any atom is -0.470 e. The van der Waals surface area contributed by atoms with Crippen molar-refractivity contribution in [3.05, 3.63) is 22.8 Å². The number of oxime groups is 1. The van der Waals surface area contributed by atoms with E-state index in [1.54, 1.807) is 0 Å². The molecule has 0 aliphatic rings. The van der Waals surface area contributed by atoms with Gasteiger partial charge in [-0.2, -0.15) is 8.78 Å². The van der Waals surface area contributed by atoms with Crippen LogP contribution in [0.4, 0.5) is 17.6 Å². The molecule has 0 amide bonds. The fourth-order valence-corrected chi connectivity index (χ4v) is 1.27. The van der Waals surface area contributed by atoms with E-state index in [2.05, 4.69) is 14.9 Å². The molecule has 1 aromatic rings. The summed E-state index contributed by atoms with van der Waals surface area (Å²) in [6.07, 6.45) is -2.80. The Morgan fingerprint density at radius 1 is 1.58 bits per heavy atom. The fraction of sp³-hybridized carbons (Fsp3) is 0.333. The van der Waals surface area contributed by atoms with Gasteiger partial charge in [0.15, 0.2) is 12.4 Å². The van der Waals surface area contributed by atoms with Crippen molar-refractivity contribution in [1.29, 1.82) is 0 Å². The first-order valence-electron chi connectivity index (χ1n) is 4.70. The summed E-state index contributed by atoms with van der Waals surface area (Å²) in [5, 5.41) is 10.8. The van der Waals surface area contributed by atoms with Crippen LogP contribution in [0.3, 0.4) is 0 Å². The van der Waals surface area contributed by atoms with E-state index in [0.29, 0.717) is 0 Å². The fourth-order valence-electron chi connectivity index (χ4n) is 1.00. The number of halogens is 5. The van der Waals surface area contributed by atoms with Gasteiger partial charge in [0.2, 0.25) is 5.88 Å². The van der Waals surface area contributed by atoms with Crippen molar-refractivity contribution in [2.75, 3.05) is 6.61 Å². The molecule has 5 nitrogen and oxygen atoms in total. The second-order valence-corrected chi connectivity index (χ2v) is 3.69. The maximum absolute atomic E-state index is 12.7. The van der Waals surface area contributed by atoms with Gasteiger partial charge in [0.25, 0.3) is 0 Å². The monoisotopic (exact) mass is 301 g/mol. The highest BCUT2D eigenvalue weighted by atomic mass is 35.5. The zero-order chi connectivity index (χ0) is 14.6. The number of rotatable bonds is 5. The number of nitrogens with zero attached hydrogens (tertiary/aromatic N) is 2. The third kappa shape index (κ3) is 3.60. The van der Waals surface area contributed by atoms with Crippen LogP contribution in [0.1, 0.15) is 5.56 Å². The lowest BCUT2D eigenvalue weighted by Crippen LogP contribution is -2.34. The second kappa shape index (κ2) is 5.91. The molecule has 0 radical (unpaired) electrons. The minimum absolute atomic E-state index is 0.0328. The van der Waals surface area contributed by atoms with Crippen LogP contribution in [-0.4, -0.2) is 35.0 Å². The van der Waals surface area contributed by atoms with E-state index in [4.69, 9.17) is 22.5 Å². The third-order valence-electron chi connectivity index (χ3n) is 1.96. The molecule has 0 aliphatic carbocycles. The Morgan fingerprint density at radius 3 is 2.74 bits per heavy atom. The van der Waals surface area contributed by atoms with Crippen molar-refractivity contribution in [1.82, 2.24) is 4.98 Å². The molecule has 106 valence electrons. The first kappa shape index (κ1) is 15.3. The van der Waals surface area contributed by atoms with Gasteiger partial charge in [-0.1, -0.05) is 16.8 Å². The molecule has 0 atom stereocenters. The molecule has 0 saturated carbocycles. The Morgan fingerprint density at radius 2 is 2.21 bits per heavy atom. The Balaban J connectivity index is 2.92. The van der Waals surface area contributed by atoms with E-state index >= 15 is 0 Å². The maximum Gasteiger partial charge on any atom is 0.340 e. The van der Waals surface area contributed by atoms with Crippen molar-refractivity contribution in [2.45, 2.75) is 12.3 Å². The van der Waals surface area contributed by atoms with E-state index in [1.165, 1.54) is 6.07 Å². The van der Waals surface area contributed by atoms with E-state index in [1.807, 2.05) is 0 Å². The molecule has 1 aromatic heterocycles. The lowest BCUT2D eigenvalue weighted by Gasteiger charge is -2.16.